The molecule has 4 nitrogen and oxygen atoms in total. The molecule has 5 aromatic carbocycles. The van der Waals surface area contributed by atoms with Crippen LogP contribution < -0.4 is 5.32 Å². The second-order valence-electron chi connectivity index (χ2n) is 12.4. The highest BCUT2D eigenvalue weighted by molar-refractivity contribution is 6.08. The van der Waals surface area contributed by atoms with Gasteiger partial charge in [0.15, 0.2) is 0 Å². The number of benzene rings is 5. The number of dihydropyridines is 1. The van der Waals surface area contributed by atoms with Gasteiger partial charge in [0.25, 0.3) is 0 Å². The van der Waals surface area contributed by atoms with Crippen molar-refractivity contribution in [1.29, 1.82) is 0 Å². The fourth-order valence-corrected chi connectivity index (χ4v) is 7.00. The molecule has 0 aliphatic carbocycles. The van der Waals surface area contributed by atoms with E-state index in [9.17, 15) is 0 Å². The van der Waals surface area contributed by atoms with Crippen molar-refractivity contribution in [2.75, 3.05) is 0 Å². The molecule has 0 amide bonds. The summed E-state index contributed by atoms with van der Waals surface area (Å²) in [7, 11) is 0. The number of para-hydroxylation sites is 1. The van der Waals surface area contributed by atoms with E-state index < -0.39 is 0 Å². The average molecular weight is 629 g/mol. The van der Waals surface area contributed by atoms with E-state index in [4.69, 9.17) is 4.98 Å². The number of nitrogens with one attached hydrogen (secondary N) is 1. The van der Waals surface area contributed by atoms with Gasteiger partial charge in [0.05, 0.1) is 22.8 Å². The molecule has 0 radical (unpaired) electrons. The Bertz CT molecular complexity index is 2400. The van der Waals surface area contributed by atoms with Crippen LogP contribution in [-0.2, 0) is 0 Å². The van der Waals surface area contributed by atoms with Gasteiger partial charge in [-0.15, -0.1) is 0 Å². The van der Waals surface area contributed by atoms with Crippen LogP contribution >= 0.6 is 0 Å². The maximum atomic E-state index is 4.77. The van der Waals surface area contributed by atoms with Crippen LogP contribution in [0.1, 0.15) is 22.9 Å². The zero-order chi connectivity index (χ0) is 32.6. The van der Waals surface area contributed by atoms with Crippen molar-refractivity contribution in [2.24, 2.45) is 0 Å². The van der Waals surface area contributed by atoms with Gasteiger partial charge in [-0.3, -0.25) is 9.97 Å². The normalized spacial score (nSPS) is 14.3. The number of aromatic nitrogens is 3. The highest BCUT2D eigenvalue weighted by atomic mass is 15.0. The summed E-state index contributed by atoms with van der Waals surface area (Å²) in [6, 6.07) is 53.6. The number of hydrogen-bond donors (Lipinski definition) is 1. The zero-order valence-electron chi connectivity index (χ0n) is 26.7. The summed E-state index contributed by atoms with van der Waals surface area (Å²) in [5, 5.41) is 6.19. The summed E-state index contributed by atoms with van der Waals surface area (Å²) in [5.74, 6) is 0. The van der Waals surface area contributed by atoms with Crippen LogP contribution in [0, 0.1) is 0 Å². The molecule has 8 aromatic rings. The molecule has 1 N–H and O–H groups in total. The predicted molar refractivity (Wildman–Crippen MR) is 202 cm³/mol. The first kappa shape index (κ1) is 28.7. The monoisotopic (exact) mass is 628 g/mol. The fourth-order valence-electron chi connectivity index (χ4n) is 7.00. The van der Waals surface area contributed by atoms with E-state index in [0.29, 0.717) is 0 Å². The lowest BCUT2D eigenvalue weighted by molar-refractivity contribution is 0.739. The second kappa shape index (κ2) is 12.3. The standard InChI is InChI=1S/C45H32N4/c1-3-12-31(13-4-1)34-24-35(32-14-5-2-6-15-32)26-37(25-34)42-28-36(29-43(48-42)41-19-9-10-22-47-41)33-16-11-17-38(27-33)49-44-20-8-7-18-39(44)40-30-46-23-21-45(40)49/h1-30,43,48H. The van der Waals surface area contributed by atoms with E-state index in [0.717, 1.165) is 50.2 Å². The summed E-state index contributed by atoms with van der Waals surface area (Å²) in [5.41, 5.74) is 13.6. The first-order chi connectivity index (χ1) is 24.3. The molecule has 232 valence electrons. The summed E-state index contributed by atoms with van der Waals surface area (Å²) >= 11 is 0. The average Bonchev–Trinajstić information content (AvgIpc) is 3.53. The molecule has 0 saturated carbocycles. The fraction of sp³-hybridized carbons (Fsp3) is 0.0222. The van der Waals surface area contributed by atoms with Gasteiger partial charge in [0.1, 0.15) is 0 Å². The molecule has 9 rings (SSSR count). The predicted octanol–water partition coefficient (Wildman–Crippen LogP) is 10.7. The molecule has 3 aromatic heterocycles. The molecule has 0 saturated heterocycles. The minimum Gasteiger partial charge on any atom is -0.373 e. The van der Waals surface area contributed by atoms with Crippen molar-refractivity contribution in [3.8, 4) is 27.9 Å². The second-order valence-corrected chi connectivity index (χ2v) is 12.4. The molecule has 0 fully saturated rings. The summed E-state index contributed by atoms with van der Waals surface area (Å²) < 4.78 is 2.34. The summed E-state index contributed by atoms with van der Waals surface area (Å²) in [4.78, 5) is 9.21. The zero-order valence-corrected chi connectivity index (χ0v) is 26.7. The summed E-state index contributed by atoms with van der Waals surface area (Å²) in [6.07, 6.45) is 10.3. The third-order valence-electron chi connectivity index (χ3n) is 9.33. The van der Waals surface area contributed by atoms with Crippen molar-refractivity contribution in [3.05, 3.63) is 199 Å². The Labute approximate surface area is 285 Å². The SMILES string of the molecule is C1=C(c2cccc(-n3c4ccccc4c4cnccc43)c2)C=C(c2cc(-c3ccccc3)cc(-c3ccccc3)c2)NC1c1ccccn1. The summed E-state index contributed by atoms with van der Waals surface area (Å²) in [6.45, 7) is 0. The molecular weight excluding hydrogens is 597 g/mol. The van der Waals surface area contributed by atoms with Crippen LogP contribution in [0.3, 0.4) is 0 Å². The van der Waals surface area contributed by atoms with Crippen LogP contribution in [0.4, 0.5) is 0 Å². The number of rotatable bonds is 6. The highest BCUT2D eigenvalue weighted by Crippen LogP contribution is 2.37. The first-order valence-corrected chi connectivity index (χ1v) is 16.6. The van der Waals surface area contributed by atoms with Crippen LogP contribution in [0.5, 0.6) is 0 Å². The Hall–Kier alpha value is -6.52. The van der Waals surface area contributed by atoms with Crippen LogP contribution in [-0.4, -0.2) is 14.5 Å². The maximum Gasteiger partial charge on any atom is 0.0879 e. The number of allylic oxidation sites excluding steroid dienone is 2. The van der Waals surface area contributed by atoms with Gasteiger partial charge in [-0.05, 0) is 106 Å². The Morgan fingerprint density at radius 1 is 0.510 bits per heavy atom. The number of pyridine rings is 2. The lowest BCUT2D eigenvalue weighted by Gasteiger charge is -2.26. The minimum absolute atomic E-state index is 0.111. The third kappa shape index (κ3) is 5.39. The Balaban J connectivity index is 1.21. The topological polar surface area (TPSA) is 42.7 Å². The largest absolute Gasteiger partial charge is 0.373 e. The molecule has 1 unspecified atom stereocenters. The smallest absolute Gasteiger partial charge is 0.0879 e. The van der Waals surface area contributed by atoms with Crippen LogP contribution in [0.25, 0.3) is 61.0 Å². The van der Waals surface area contributed by atoms with Gasteiger partial charge in [-0.1, -0.05) is 97.1 Å². The van der Waals surface area contributed by atoms with Crippen LogP contribution in [0.15, 0.2) is 182 Å². The van der Waals surface area contributed by atoms with Crippen molar-refractivity contribution >= 4 is 33.1 Å². The van der Waals surface area contributed by atoms with E-state index in [1.54, 1.807) is 0 Å². The number of nitrogens with zero attached hydrogens (tertiary/aromatic N) is 3. The number of fused-ring (bicyclic) bond motifs is 3. The molecule has 0 bridgehead atoms. The molecule has 1 atom stereocenters. The molecular formula is C45H32N4. The van der Waals surface area contributed by atoms with Gasteiger partial charge in [0.2, 0.25) is 0 Å². The highest BCUT2D eigenvalue weighted by Gasteiger charge is 2.21. The van der Waals surface area contributed by atoms with Gasteiger partial charge >= 0.3 is 0 Å². The molecule has 1 aliphatic heterocycles. The van der Waals surface area contributed by atoms with E-state index in [-0.39, 0.29) is 6.04 Å². The number of hydrogen-bond acceptors (Lipinski definition) is 3. The van der Waals surface area contributed by atoms with E-state index in [1.807, 2.05) is 24.7 Å². The third-order valence-corrected chi connectivity index (χ3v) is 9.33. The van der Waals surface area contributed by atoms with Gasteiger partial charge < -0.3 is 9.88 Å². The molecule has 0 spiro atoms. The Kier molecular flexibility index (Phi) is 7.17. The molecule has 1 aliphatic rings. The van der Waals surface area contributed by atoms with E-state index in [1.165, 1.54) is 27.6 Å². The lowest BCUT2D eigenvalue weighted by Crippen LogP contribution is -2.22. The molecule has 49 heavy (non-hydrogen) atoms. The van der Waals surface area contributed by atoms with Gasteiger partial charge in [-0.25, -0.2) is 0 Å². The van der Waals surface area contributed by atoms with Gasteiger partial charge in [-0.2, -0.15) is 0 Å². The van der Waals surface area contributed by atoms with E-state index in [2.05, 4.69) is 173 Å². The van der Waals surface area contributed by atoms with Crippen LogP contribution in [0.2, 0.25) is 0 Å². The minimum atomic E-state index is -0.111. The molecule has 4 heterocycles. The van der Waals surface area contributed by atoms with Crippen molar-refractivity contribution in [1.82, 2.24) is 19.9 Å². The van der Waals surface area contributed by atoms with Gasteiger partial charge in [0, 0.05) is 40.7 Å². The first-order valence-electron chi connectivity index (χ1n) is 16.6. The maximum absolute atomic E-state index is 4.77. The molecule has 4 heteroatoms. The van der Waals surface area contributed by atoms with Crippen molar-refractivity contribution in [3.63, 3.8) is 0 Å². The quantitative estimate of drug-likeness (QED) is 0.199. The Morgan fingerprint density at radius 2 is 1.18 bits per heavy atom. The lowest BCUT2D eigenvalue weighted by atomic mass is 9.91. The Morgan fingerprint density at radius 3 is 1.94 bits per heavy atom. The van der Waals surface area contributed by atoms with E-state index >= 15 is 0 Å². The van der Waals surface area contributed by atoms with Crippen molar-refractivity contribution < 1.29 is 0 Å². The van der Waals surface area contributed by atoms with Crippen molar-refractivity contribution in [2.45, 2.75) is 6.04 Å².